The summed E-state index contributed by atoms with van der Waals surface area (Å²) in [5.74, 6) is 0.180. The van der Waals surface area contributed by atoms with Gasteiger partial charge in [0.1, 0.15) is 5.78 Å². The van der Waals surface area contributed by atoms with Gasteiger partial charge in [-0.25, -0.2) is 0 Å². The summed E-state index contributed by atoms with van der Waals surface area (Å²) >= 11 is 0. The van der Waals surface area contributed by atoms with Gasteiger partial charge in [0, 0.05) is 0 Å². The molecule has 0 aliphatic heterocycles. The number of hydrogen-bond acceptors (Lipinski definition) is 1. The number of nitrogens with zero attached hydrogens (tertiary/aromatic N) is 1. The molecule has 0 saturated heterocycles. The minimum Gasteiger partial charge on any atom is -0.651 e. The summed E-state index contributed by atoms with van der Waals surface area (Å²) in [4.78, 5) is 10.5. The summed E-state index contributed by atoms with van der Waals surface area (Å²) in [6.07, 6.45) is 3.48. The van der Waals surface area contributed by atoms with Crippen LogP contribution >= 0.6 is 0 Å². The molecule has 0 spiro atoms. The average molecular weight is 226 g/mol. The number of carbonyl (C=O) groups is 1. The van der Waals surface area contributed by atoms with Gasteiger partial charge in [-0.05, 0) is 6.92 Å². The van der Waals surface area contributed by atoms with E-state index in [1.54, 1.807) is 6.92 Å². The second-order valence-corrected chi connectivity index (χ2v) is 3.10. The van der Waals surface area contributed by atoms with Crippen molar-refractivity contribution >= 4 is 5.78 Å². The van der Waals surface area contributed by atoms with E-state index in [0.717, 1.165) is 6.42 Å². The van der Waals surface area contributed by atoms with Crippen molar-refractivity contribution < 1.29 is 63.0 Å². The second-order valence-electron chi connectivity index (χ2n) is 3.10. The van der Waals surface area contributed by atoms with Gasteiger partial charge in [0.15, 0.2) is 0 Å². The number of rotatable bonds is 4. The SMILES string of the molecule is CCC1([N-]CC(C)=O)CC1.[Rb+]. The zero-order valence-corrected chi connectivity index (χ0v) is 12.6. The molecule has 0 bridgehead atoms. The first kappa shape index (κ1) is 12.4. The quantitative estimate of drug-likeness (QED) is 0.598. The maximum atomic E-state index is 10.5. The van der Waals surface area contributed by atoms with Gasteiger partial charge >= 0.3 is 58.2 Å². The smallest absolute Gasteiger partial charge is 0.651 e. The molecule has 0 aromatic rings. The molecular formula is C8H14NORb. The van der Waals surface area contributed by atoms with Crippen LogP contribution in [0.1, 0.15) is 33.1 Å². The topological polar surface area (TPSA) is 31.2 Å². The van der Waals surface area contributed by atoms with Gasteiger partial charge in [-0.1, -0.05) is 32.7 Å². The Labute approximate surface area is 117 Å². The molecule has 2 nitrogen and oxygen atoms in total. The first-order valence-electron chi connectivity index (χ1n) is 3.87. The number of carbonyl (C=O) groups excluding carboxylic acids is 1. The van der Waals surface area contributed by atoms with Crippen LogP contribution in [0.2, 0.25) is 0 Å². The van der Waals surface area contributed by atoms with Crippen molar-refractivity contribution in [1.82, 2.24) is 0 Å². The normalized spacial score (nSPS) is 18.7. The first-order valence-corrected chi connectivity index (χ1v) is 3.87. The van der Waals surface area contributed by atoms with E-state index in [1.165, 1.54) is 12.8 Å². The van der Waals surface area contributed by atoms with Gasteiger partial charge in [-0.2, -0.15) is 0 Å². The van der Waals surface area contributed by atoms with Gasteiger partial charge in [-0.15, -0.1) is 5.54 Å². The van der Waals surface area contributed by atoms with Crippen LogP contribution in [-0.4, -0.2) is 17.9 Å². The minimum atomic E-state index is 0. The number of Topliss-reactive ketones (excluding diaryl/α,β-unsaturated/α-hetero) is 1. The summed E-state index contributed by atoms with van der Waals surface area (Å²) in [6.45, 7) is 4.15. The van der Waals surface area contributed by atoms with Crippen LogP contribution in [0, 0.1) is 0 Å². The predicted molar refractivity (Wildman–Crippen MR) is 41.2 cm³/mol. The van der Waals surface area contributed by atoms with Crippen molar-refractivity contribution in [2.45, 2.75) is 38.6 Å². The van der Waals surface area contributed by atoms with Crippen molar-refractivity contribution in [3.63, 3.8) is 0 Å². The van der Waals surface area contributed by atoms with Crippen molar-refractivity contribution in [3.05, 3.63) is 5.32 Å². The summed E-state index contributed by atoms with van der Waals surface area (Å²) in [5, 5.41) is 4.34. The van der Waals surface area contributed by atoms with Crippen LogP contribution in [0.4, 0.5) is 0 Å². The fourth-order valence-electron chi connectivity index (χ4n) is 1.05. The standard InChI is InChI=1S/C8H14NO.Rb/c1-3-8(4-5-8)9-6-7(2)10;/h3-6H2,1-2H3;/q-1;+1. The van der Waals surface area contributed by atoms with Gasteiger partial charge in [0.25, 0.3) is 0 Å². The average Bonchev–Trinajstić information content (AvgIpc) is 2.64. The summed E-state index contributed by atoms with van der Waals surface area (Å²) in [5.41, 5.74) is 0.228. The van der Waals surface area contributed by atoms with E-state index < -0.39 is 0 Å². The molecule has 3 heteroatoms. The Balaban J connectivity index is 0.000001000. The molecule has 11 heavy (non-hydrogen) atoms. The fourth-order valence-corrected chi connectivity index (χ4v) is 1.05. The van der Waals surface area contributed by atoms with Crippen molar-refractivity contribution in [1.29, 1.82) is 0 Å². The molecule has 1 fully saturated rings. The third kappa shape index (κ3) is 4.27. The van der Waals surface area contributed by atoms with E-state index in [9.17, 15) is 4.79 Å². The Morgan fingerprint density at radius 3 is 2.36 bits per heavy atom. The Hall–Kier alpha value is 1.44. The first-order chi connectivity index (χ1) is 4.68. The Bertz CT molecular complexity index is 143. The minimum absolute atomic E-state index is 0. The van der Waals surface area contributed by atoms with E-state index in [0.29, 0.717) is 6.54 Å². The van der Waals surface area contributed by atoms with E-state index in [-0.39, 0.29) is 69.5 Å². The van der Waals surface area contributed by atoms with E-state index in [4.69, 9.17) is 0 Å². The van der Waals surface area contributed by atoms with E-state index in [2.05, 4.69) is 12.2 Å². The summed E-state index contributed by atoms with van der Waals surface area (Å²) in [7, 11) is 0. The maximum absolute atomic E-state index is 10.5. The fraction of sp³-hybridized carbons (Fsp3) is 0.875. The molecule has 0 heterocycles. The number of hydrogen-bond donors (Lipinski definition) is 0. The monoisotopic (exact) mass is 225 g/mol. The molecule has 1 saturated carbocycles. The van der Waals surface area contributed by atoms with Crippen LogP contribution in [-0.2, 0) is 4.79 Å². The van der Waals surface area contributed by atoms with Crippen LogP contribution < -0.4 is 58.2 Å². The van der Waals surface area contributed by atoms with Crippen LogP contribution in [0.25, 0.3) is 5.32 Å². The molecule has 0 aromatic heterocycles. The third-order valence-electron chi connectivity index (χ3n) is 2.12. The Kier molecular flexibility index (Phi) is 5.91. The number of ketones is 1. The maximum Gasteiger partial charge on any atom is 1.00 e. The van der Waals surface area contributed by atoms with Gasteiger partial charge < -0.3 is 10.1 Å². The molecule has 0 atom stereocenters. The molecule has 1 rings (SSSR count). The molecule has 0 aromatic carbocycles. The van der Waals surface area contributed by atoms with Crippen molar-refractivity contribution in [3.8, 4) is 0 Å². The van der Waals surface area contributed by atoms with Gasteiger partial charge in [-0.3, -0.25) is 0 Å². The van der Waals surface area contributed by atoms with Gasteiger partial charge in [0.05, 0.1) is 0 Å². The van der Waals surface area contributed by atoms with Crippen LogP contribution in [0.3, 0.4) is 0 Å². The Morgan fingerprint density at radius 2 is 2.09 bits per heavy atom. The zero-order chi connectivity index (χ0) is 7.61. The molecule has 58 valence electrons. The van der Waals surface area contributed by atoms with Gasteiger partial charge in [0.2, 0.25) is 0 Å². The predicted octanol–water partition coefficient (Wildman–Crippen LogP) is -1.10. The summed E-state index contributed by atoms with van der Waals surface area (Å²) < 4.78 is 0. The van der Waals surface area contributed by atoms with Crippen molar-refractivity contribution in [2.24, 2.45) is 0 Å². The second kappa shape index (κ2) is 5.23. The molecule has 1 aliphatic carbocycles. The largest absolute Gasteiger partial charge is 1.00 e. The van der Waals surface area contributed by atoms with Crippen molar-refractivity contribution in [2.75, 3.05) is 6.54 Å². The molecule has 0 radical (unpaired) electrons. The van der Waals surface area contributed by atoms with E-state index in [1.807, 2.05) is 0 Å². The zero-order valence-electron chi connectivity index (χ0n) is 7.68. The van der Waals surface area contributed by atoms with Crippen LogP contribution in [0.15, 0.2) is 0 Å². The molecular weight excluding hydrogens is 212 g/mol. The Morgan fingerprint density at radius 1 is 1.55 bits per heavy atom. The van der Waals surface area contributed by atoms with E-state index >= 15 is 0 Å². The molecule has 0 amide bonds. The molecule has 0 N–H and O–H groups in total. The summed E-state index contributed by atoms with van der Waals surface area (Å²) in [6, 6.07) is 0. The molecule has 1 aliphatic rings. The third-order valence-corrected chi connectivity index (χ3v) is 2.12. The van der Waals surface area contributed by atoms with Crippen LogP contribution in [0.5, 0.6) is 0 Å². The molecule has 0 unspecified atom stereocenters.